The highest BCUT2D eigenvalue weighted by atomic mass is 16.6. The molecule has 31 heavy (non-hydrogen) atoms. The summed E-state index contributed by atoms with van der Waals surface area (Å²) in [6.45, 7) is 5.47. The first kappa shape index (κ1) is 22.3. The van der Waals surface area contributed by atoms with Crippen molar-refractivity contribution in [1.82, 2.24) is 0 Å². The minimum absolute atomic E-state index is 0.258. The second-order valence-electron chi connectivity index (χ2n) is 8.54. The molecule has 0 saturated heterocycles. The van der Waals surface area contributed by atoms with Gasteiger partial charge in [-0.05, 0) is 75.4 Å². The number of carbonyl (C=O) groups excluding carboxylic acids is 2. The van der Waals surface area contributed by atoms with Gasteiger partial charge in [0, 0.05) is 5.56 Å². The molecule has 1 amide bonds. The number of aryl methyl sites for hydroxylation is 2. The summed E-state index contributed by atoms with van der Waals surface area (Å²) in [5, 5.41) is 2.90. The number of esters is 1. The van der Waals surface area contributed by atoms with Gasteiger partial charge in [-0.1, -0.05) is 54.6 Å². The van der Waals surface area contributed by atoms with Gasteiger partial charge in [-0.2, -0.15) is 0 Å². The second kappa shape index (κ2) is 10.1. The van der Waals surface area contributed by atoms with Crippen molar-refractivity contribution in [2.24, 2.45) is 0 Å². The van der Waals surface area contributed by atoms with Gasteiger partial charge in [0.2, 0.25) is 0 Å². The lowest BCUT2D eigenvalue weighted by Gasteiger charge is -2.21. The Labute approximate surface area is 184 Å². The molecule has 0 unspecified atom stereocenters. The molecule has 0 bridgehead atoms. The highest BCUT2D eigenvalue weighted by Crippen LogP contribution is 2.23. The number of amides is 1. The smallest absolute Gasteiger partial charge is 0.340 e. The average molecular weight is 416 g/mol. The number of ether oxygens (including phenoxy) is 1. The van der Waals surface area contributed by atoms with Crippen molar-refractivity contribution < 1.29 is 14.3 Å². The SMILES string of the molecule is CC(C)(C)OC(=O)c1ccc(CCCc2ccccc2)cc1NC(=O)c1ccccc1. The van der Waals surface area contributed by atoms with Gasteiger partial charge in [-0.3, -0.25) is 4.79 Å². The van der Waals surface area contributed by atoms with Crippen molar-refractivity contribution >= 4 is 17.6 Å². The van der Waals surface area contributed by atoms with E-state index in [1.54, 1.807) is 18.2 Å². The van der Waals surface area contributed by atoms with Crippen molar-refractivity contribution in [2.45, 2.75) is 45.6 Å². The Morgan fingerprint density at radius 3 is 2.06 bits per heavy atom. The fraction of sp³-hybridized carbons (Fsp3) is 0.259. The molecule has 4 nitrogen and oxygen atoms in total. The summed E-state index contributed by atoms with van der Waals surface area (Å²) in [6, 6.07) is 24.9. The van der Waals surface area contributed by atoms with Crippen LogP contribution in [0.2, 0.25) is 0 Å². The van der Waals surface area contributed by atoms with Crippen LogP contribution in [-0.4, -0.2) is 17.5 Å². The van der Waals surface area contributed by atoms with E-state index in [-0.39, 0.29) is 5.91 Å². The Morgan fingerprint density at radius 1 is 0.806 bits per heavy atom. The molecule has 0 spiro atoms. The fourth-order valence-corrected chi connectivity index (χ4v) is 3.29. The van der Waals surface area contributed by atoms with E-state index in [2.05, 4.69) is 17.4 Å². The molecule has 3 aromatic rings. The zero-order valence-corrected chi connectivity index (χ0v) is 18.4. The van der Waals surface area contributed by atoms with E-state index in [1.807, 2.05) is 69.3 Å². The summed E-state index contributed by atoms with van der Waals surface area (Å²) in [6.07, 6.45) is 2.79. The molecule has 0 aromatic heterocycles. The molecule has 0 saturated carbocycles. The Morgan fingerprint density at radius 2 is 1.42 bits per heavy atom. The van der Waals surface area contributed by atoms with Crippen molar-refractivity contribution in [3.05, 3.63) is 101 Å². The molecule has 1 N–H and O–H groups in total. The third-order valence-electron chi connectivity index (χ3n) is 4.76. The quantitative estimate of drug-likeness (QED) is 0.477. The number of hydrogen-bond acceptors (Lipinski definition) is 3. The van der Waals surface area contributed by atoms with Crippen LogP contribution < -0.4 is 5.32 Å². The van der Waals surface area contributed by atoms with Gasteiger partial charge in [0.05, 0.1) is 11.3 Å². The van der Waals surface area contributed by atoms with Gasteiger partial charge in [0.1, 0.15) is 5.60 Å². The molecule has 0 aliphatic heterocycles. The van der Waals surface area contributed by atoms with Crippen LogP contribution in [0.15, 0.2) is 78.9 Å². The third-order valence-corrected chi connectivity index (χ3v) is 4.76. The average Bonchev–Trinajstić information content (AvgIpc) is 2.74. The van der Waals surface area contributed by atoms with Crippen LogP contribution in [0.5, 0.6) is 0 Å². The topological polar surface area (TPSA) is 55.4 Å². The first-order chi connectivity index (χ1) is 14.8. The van der Waals surface area contributed by atoms with Crippen LogP contribution in [0, 0.1) is 0 Å². The van der Waals surface area contributed by atoms with Crippen LogP contribution in [0.4, 0.5) is 5.69 Å². The number of hydrogen-bond donors (Lipinski definition) is 1. The summed E-state index contributed by atoms with van der Waals surface area (Å²) in [4.78, 5) is 25.5. The molecule has 0 fully saturated rings. The molecular weight excluding hydrogens is 386 g/mol. The molecule has 160 valence electrons. The minimum Gasteiger partial charge on any atom is -0.456 e. The maximum atomic E-state index is 12.7. The number of nitrogens with one attached hydrogen (secondary N) is 1. The van der Waals surface area contributed by atoms with Crippen molar-refractivity contribution in [3.8, 4) is 0 Å². The number of benzene rings is 3. The van der Waals surface area contributed by atoms with E-state index in [4.69, 9.17) is 4.74 Å². The van der Waals surface area contributed by atoms with E-state index in [1.165, 1.54) is 5.56 Å². The standard InChI is InChI=1S/C27H29NO3/c1-27(2,3)31-26(30)23-18-17-21(14-10-13-20-11-6-4-7-12-20)19-24(23)28-25(29)22-15-8-5-9-16-22/h4-9,11-12,15-19H,10,13-14H2,1-3H3,(H,28,29). The highest BCUT2D eigenvalue weighted by Gasteiger charge is 2.21. The lowest BCUT2D eigenvalue weighted by molar-refractivity contribution is 0.00707. The maximum absolute atomic E-state index is 12.7. The van der Waals surface area contributed by atoms with E-state index >= 15 is 0 Å². The molecule has 0 aliphatic carbocycles. The normalized spacial score (nSPS) is 11.1. The van der Waals surface area contributed by atoms with Crippen LogP contribution >= 0.6 is 0 Å². The van der Waals surface area contributed by atoms with Gasteiger partial charge in [0.25, 0.3) is 5.91 Å². The molecule has 3 rings (SSSR count). The highest BCUT2D eigenvalue weighted by molar-refractivity contribution is 6.08. The first-order valence-electron chi connectivity index (χ1n) is 10.6. The summed E-state index contributed by atoms with van der Waals surface area (Å²) < 4.78 is 5.54. The van der Waals surface area contributed by atoms with Gasteiger partial charge in [-0.15, -0.1) is 0 Å². The molecule has 0 heterocycles. The monoisotopic (exact) mass is 415 g/mol. The fourth-order valence-electron chi connectivity index (χ4n) is 3.29. The Bertz CT molecular complexity index is 1020. The number of rotatable bonds is 7. The first-order valence-corrected chi connectivity index (χ1v) is 10.6. The Kier molecular flexibility index (Phi) is 7.24. The lowest BCUT2D eigenvalue weighted by Crippen LogP contribution is -2.25. The van der Waals surface area contributed by atoms with Crippen molar-refractivity contribution in [1.29, 1.82) is 0 Å². The van der Waals surface area contributed by atoms with E-state index in [0.29, 0.717) is 16.8 Å². The largest absolute Gasteiger partial charge is 0.456 e. The number of anilines is 1. The van der Waals surface area contributed by atoms with Crippen molar-refractivity contribution in [3.63, 3.8) is 0 Å². The molecule has 3 aromatic carbocycles. The predicted octanol–water partition coefficient (Wildman–Crippen LogP) is 6.07. The molecule has 0 aliphatic rings. The summed E-state index contributed by atoms with van der Waals surface area (Å²) in [7, 11) is 0. The van der Waals surface area contributed by atoms with Crippen molar-refractivity contribution in [2.75, 3.05) is 5.32 Å². The Balaban J connectivity index is 1.79. The Hall–Kier alpha value is -3.40. The maximum Gasteiger partial charge on any atom is 0.340 e. The van der Waals surface area contributed by atoms with Crippen LogP contribution in [0.3, 0.4) is 0 Å². The zero-order valence-electron chi connectivity index (χ0n) is 18.4. The van der Waals surface area contributed by atoms with E-state index < -0.39 is 11.6 Å². The number of carbonyl (C=O) groups is 2. The summed E-state index contributed by atoms with van der Waals surface area (Å²) in [5.74, 6) is -0.710. The van der Waals surface area contributed by atoms with Crippen LogP contribution in [-0.2, 0) is 17.6 Å². The van der Waals surface area contributed by atoms with Crippen LogP contribution in [0.25, 0.3) is 0 Å². The van der Waals surface area contributed by atoms with Gasteiger partial charge < -0.3 is 10.1 Å². The predicted molar refractivity (Wildman–Crippen MR) is 124 cm³/mol. The van der Waals surface area contributed by atoms with E-state index in [9.17, 15) is 9.59 Å². The molecule has 4 heteroatoms. The molecular formula is C27H29NO3. The minimum atomic E-state index is -0.619. The lowest BCUT2D eigenvalue weighted by atomic mass is 10.0. The molecule has 0 atom stereocenters. The van der Waals surface area contributed by atoms with Crippen LogP contribution in [0.1, 0.15) is 59.0 Å². The summed E-state index contributed by atoms with van der Waals surface area (Å²) in [5.41, 5.74) is 3.10. The zero-order chi connectivity index (χ0) is 22.3. The third kappa shape index (κ3) is 6.82. The van der Waals surface area contributed by atoms with Gasteiger partial charge in [0.15, 0.2) is 0 Å². The molecule has 0 radical (unpaired) electrons. The van der Waals surface area contributed by atoms with E-state index in [0.717, 1.165) is 24.8 Å². The van der Waals surface area contributed by atoms with Gasteiger partial charge in [-0.25, -0.2) is 4.79 Å². The summed E-state index contributed by atoms with van der Waals surface area (Å²) >= 11 is 0. The second-order valence-corrected chi connectivity index (χ2v) is 8.54. The van der Waals surface area contributed by atoms with Gasteiger partial charge >= 0.3 is 5.97 Å².